The van der Waals surface area contributed by atoms with Crippen LogP contribution in [-0.4, -0.2) is 42.0 Å². The summed E-state index contributed by atoms with van der Waals surface area (Å²) < 4.78 is 81.7. The van der Waals surface area contributed by atoms with Crippen molar-refractivity contribution in [1.82, 2.24) is 4.90 Å². The van der Waals surface area contributed by atoms with Crippen molar-refractivity contribution in [3.05, 3.63) is 58.7 Å². The number of aryl methyl sites for hydroxylation is 2. The molecule has 2 heterocycles. The van der Waals surface area contributed by atoms with E-state index in [1.54, 1.807) is 18.7 Å². The number of nitrogens with zero attached hydrogens (tertiary/aromatic N) is 2. The summed E-state index contributed by atoms with van der Waals surface area (Å²) in [6.07, 6.45) is -8.85. The number of amides is 2. The number of likely N-dealkylation sites (tertiary alicyclic amines) is 1. The first kappa shape index (κ1) is 29.9. The number of para-hydroxylation sites is 1. The maximum absolute atomic E-state index is 13.8. The average Bonchev–Trinajstić information content (AvgIpc) is 3.42. The molecule has 2 saturated heterocycles. The minimum Gasteiger partial charge on any atom is -0.326 e. The Balaban J connectivity index is 1.65. The molecule has 0 radical (unpaired) electrons. The van der Waals surface area contributed by atoms with Crippen LogP contribution in [0, 0.1) is 25.2 Å². The van der Waals surface area contributed by atoms with Crippen LogP contribution in [0.5, 0.6) is 0 Å². The molecular formula is C29H33F6N3O2. The topological polar surface area (TPSA) is 52.7 Å². The van der Waals surface area contributed by atoms with Crippen LogP contribution in [0.2, 0.25) is 0 Å². The molecular weight excluding hydrogens is 536 g/mol. The fourth-order valence-corrected chi connectivity index (χ4v) is 6.13. The lowest BCUT2D eigenvalue weighted by molar-refractivity contribution is -0.177. The number of carbonyl (C=O) groups excluding carboxylic acids is 2. The van der Waals surface area contributed by atoms with E-state index in [9.17, 15) is 35.9 Å². The Morgan fingerprint density at radius 3 is 2.30 bits per heavy atom. The number of alkyl halides is 6. The molecule has 0 aliphatic carbocycles. The number of nitrogens with one attached hydrogen (secondary N) is 1. The van der Waals surface area contributed by atoms with E-state index in [0.717, 1.165) is 28.2 Å². The van der Waals surface area contributed by atoms with Crippen LogP contribution >= 0.6 is 0 Å². The molecule has 4 rings (SSSR count). The van der Waals surface area contributed by atoms with E-state index in [1.807, 2.05) is 32.0 Å². The molecule has 2 aliphatic heterocycles. The van der Waals surface area contributed by atoms with Crippen molar-refractivity contribution >= 4 is 23.2 Å². The number of halogens is 6. The third-order valence-electron chi connectivity index (χ3n) is 8.40. The normalized spacial score (nSPS) is 24.1. The van der Waals surface area contributed by atoms with Crippen LogP contribution in [0.4, 0.5) is 37.7 Å². The predicted molar refractivity (Wildman–Crippen MR) is 140 cm³/mol. The van der Waals surface area contributed by atoms with E-state index in [0.29, 0.717) is 5.69 Å². The predicted octanol–water partition coefficient (Wildman–Crippen LogP) is 6.87. The Morgan fingerprint density at radius 2 is 1.73 bits per heavy atom. The lowest BCUT2D eigenvalue weighted by atomic mass is 9.75. The van der Waals surface area contributed by atoms with Crippen LogP contribution in [0.25, 0.3) is 0 Å². The molecule has 0 saturated carbocycles. The average molecular weight is 570 g/mol. The van der Waals surface area contributed by atoms with Gasteiger partial charge in [-0.05, 0) is 74.5 Å². The molecule has 3 unspecified atom stereocenters. The van der Waals surface area contributed by atoms with Crippen molar-refractivity contribution in [3.63, 3.8) is 0 Å². The standard InChI is InChI=1S/C29H33F6N3O2/c1-5-27(16-38(25(39)19(27)4)24-17(2)8-6-9-18(24)3)26(40)36-22-13-20(12-21(14-22)28(30,31)32)15-37-11-7-10-23(37)29(33,34)35/h6,8-9,12-14,19,23H,5,7,10-11,15-16H2,1-4H3,(H,36,40). The van der Waals surface area contributed by atoms with E-state index >= 15 is 0 Å². The van der Waals surface area contributed by atoms with E-state index < -0.39 is 41.2 Å². The molecule has 2 aromatic rings. The van der Waals surface area contributed by atoms with Gasteiger partial charge < -0.3 is 10.2 Å². The molecule has 0 spiro atoms. The molecule has 218 valence electrons. The fraction of sp³-hybridized carbons (Fsp3) is 0.517. The van der Waals surface area contributed by atoms with Gasteiger partial charge in [0, 0.05) is 24.5 Å². The first-order valence-electron chi connectivity index (χ1n) is 13.3. The van der Waals surface area contributed by atoms with Gasteiger partial charge in [-0.2, -0.15) is 26.3 Å². The Kier molecular flexibility index (Phi) is 8.01. The zero-order valence-electron chi connectivity index (χ0n) is 22.8. The highest BCUT2D eigenvalue weighted by Crippen LogP contribution is 2.45. The zero-order valence-corrected chi connectivity index (χ0v) is 22.8. The molecule has 0 bridgehead atoms. The molecule has 2 aromatic carbocycles. The molecule has 1 N–H and O–H groups in total. The van der Waals surface area contributed by atoms with Gasteiger partial charge in [0.05, 0.1) is 16.9 Å². The Morgan fingerprint density at radius 1 is 1.07 bits per heavy atom. The number of benzene rings is 2. The first-order chi connectivity index (χ1) is 18.6. The lowest BCUT2D eigenvalue weighted by Gasteiger charge is -2.30. The van der Waals surface area contributed by atoms with Gasteiger partial charge >= 0.3 is 12.4 Å². The van der Waals surface area contributed by atoms with Crippen molar-refractivity contribution in [2.24, 2.45) is 11.3 Å². The van der Waals surface area contributed by atoms with E-state index in [4.69, 9.17) is 0 Å². The maximum Gasteiger partial charge on any atom is 0.416 e. The van der Waals surface area contributed by atoms with Gasteiger partial charge in [-0.1, -0.05) is 32.0 Å². The molecule has 2 aliphatic rings. The van der Waals surface area contributed by atoms with Gasteiger partial charge in [-0.3, -0.25) is 14.5 Å². The Labute approximate surface area is 229 Å². The van der Waals surface area contributed by atoms with Crippen molar-refractivity contribution < 1.29 is 35.9 Å². The van der Waals surface area contributed by atoms with Gasteiger partial charge in [-0.25, -0.2) is 0 Å². The van der Waals surface area contributed by atoms with Gasteiger partial charge in [0.2, 0.25) is 11.8 Å². The van der Waals surface area contributed by atoms with Crippen LogP contribution < -0.4 is 10.2 Å². The zero-order chi connectivity index (χ0) is 29.6. The highest BCUT2D eigenvalue weighted by atomic mass is 19.4. The molecule has 2 amide bonds. The maximum atomic E-state index is 13.8. The molecule has 5 nitrogen and oxygen atoms in total. The van der Waals surface area contributed by atoms with Crippen molar-refractivity contribution in [2.45, 2.75) is 71.9 Å². The van der Waals surface area contributed by atoms with E-state index in [-0.39, 0.29) is 56.1 Å². The fourth-order valence-electron chi connectivity index (χ4n) is 6.13. The van der Waals surface area contributed by atoms with Gasteiger partial charge in [0.25, 0.3) is 0 Å². The summed E-state index contributed by atoms with van der Waals surface area (Å²) in [7, 11) is 0. The van der Waals surface area contributed by atoms with Crippen molar-refractivity contribution in [1.29, 1.82) is 0 Å². The number of hydrogen-bond acceptors (Lipinski definition) is 3. The summed E-state index contributed by atoms with van der Waals surface area (Å²) >= 11 is 0. The minimum atomic E-state index is -4.78. The third kappa shape index (κ3) is 5.57. The van der Waals surface area contributed by atoms with Gasteiger partial charge in [0.15, 0.2) is 0 Å². The molecule has 11 heteroatoms. The van der Waals surface area contributed by atoms with Crippen molar-refractivity contribution in [3.8, 4) is 0 Å². The first-order valence-corrected chi connectivity index (χ1v) is 13.3. The number of hydrogen-bond donors (Lipinski definition) is 1. The van der Waals surface area contributed by atoms with Crippen LogP contribution in [0.15, 0.2) is 36.4 Å². The molecule has 3 atom stereocenters. The van der Waals surface area contributed by atoms with E-state index in [1.165, 1.54) is 6.07 Å². The molecule has 2 fully saturated rings. The highest BCUT2D eigenvalue weighted by molar-refractivity contribution is 6.07. The van der Waals surface area contributed by atoms with Crippen molar-refractivity contribution in [2.75, 3.05) is 23.3 Å². The smallest absolute Gasteiger partial charge is 0.326 e. The Bertz CT molecular complexity index is 1270. The number of carbonyl (C=O) groups is 2. The summed E-state index contributed by atoms with van der Waals surface area (Å²) in [6.45, 7) is 6.93. The number of anilines is 2. The third-order valence-corrected chi connectivity index (χ3v) is 8.40. The summed E-state index contributed by atoms with van der Waals surface area (Å²) in [5.41, 5.74) is -0.0368. The second kappa shape index (κ2) is 10.7. The SMILES string of the molecule is CCC1(C(=O)Nc2cc(CN3CCCC3C(F)(F)F)cc(C(F)(F)F)c2)CN(c2c(C)cccc2C)C(=O)C1C. The quantitative estimate of drug-likeness (QED) is 0.387. The molecule has 0 aromatic heterocycles. The van der Waals surface area contributed by atoms with Gasteiger partial charge in [-0.15, -0.1) is 0 Å². The van der Waals surface area contributed by atoms with Crippen LogP contribution in [0.1, 0.15) is 55.4 Å². The largest absolute Gasteiger partial charge is 0.416 e. The minimum absolute atomic E-state index is 0.0135. The monoisotopic (exact) mass is 569 g/mol. The second-order valence-corrected chi connectivity index (χ2v) is 10.9. The Hall–Kier alpha value is -3.08. The summed E-state index contributed by atoms with van der Waals surface area (Å²) in [6, 6.07) is 6.74. The van der Waals surface area contributed by atoms with Gasteiger partial charge in [0.1, 0.15) is 6.04 Å². The number of rotatable bonds is 6. The molecule has 40 heavy (non-hydrogen) atoms. The summed E-state index contributed by atoms with van der Waals surface area (Å²) in [5.74, 6) is -1.62. The summed E-state index contributed by atoms with van der Waals surface area (Å²) in [4.78, 5) is 29.8. The van der Waals surface area contributed by atoms with Crippen LogP contribution in [0.3, 0.4) is 0 Å². The highest BCUT2D eigenvalue weighted by Gasteiger charge is 2.54. The van der Waals surface area contributed by atoms with Crippen LogP contribution in [-0.2, 0) is 22.3 Å². The second-order valence-electron chi connectivity index (χ2n) is 10.9. The summed E-state index contributed by atoms with van der Waals surface area (Å²) in [5, 5.41) is 2.59. The van der Waals surface area contributed by atoms with E-state index in [2.05, 4.69) is 5.32 Å². The lowest BCUT2D eigenvalue weighted by Crippen LogP contribution is -2.42.